The first-order chi connectivity index (χ1) is 12.2. The van der Waals surface area contributed by atoms with Gasteiger partial charge in [0, 0.05) is 36.9 Å². The summed E-state index contributed by atoms with van der Waals surface area (Å²) >= 11 is 0. The largest absolute Gasteiger partial charge is 0.393 e. The molecule has 0 amide bonds. The van der Waals surface area contributed by atoms with E-state index in [1.807, 2.05) is 24.3 Å². The molecule has 126 valence electrons. The van der Waals surface area contributed by atoms with Crippen LogP contribution in [0.5, 0.6) is 0 Å². The molecular formula is C21H21N3O. The zero-order valence-electron chi connectivity index (χ0n) is 14.1. The maximum Gasteiger partial charge on any atom is 0.0991 e. The Kier molecular flexibility index (Phi) is 4.27. The number of hydrogen-bond acceptors (Lipinski definition) is 3. The van der Waals surface area contributed by atoms with Gasteiger partial charge in [-0.2, -0.15) is 5.26 Å². The third-order valence-corrected chi connectivity index (χ3v) is 5.02. The number of nitriles is 1. The van der Waals surface area contributed by atoms with Gasteiger partial charge in [0.15, 0.2) is 0 Å². The molecule has 2 heterocycles. The van der Waals surface area contributed by atoms with Gasteiger partial charge in [0.05, 0.1) is 23.3 Å². The summed E-state index contributed by atoms with van der Waals surface area (Å²) in [5, 5.41) is 20.0. The van der Waals surface area contributed by atoms with Gasteiger partial charge in [0.1, 0.15) is 0 Å². The minimum absolute atomic E-state index is 0.142. The minimum Gasteiger partial charge on any atom is -0.393 e. The standard InChI is InChI=1S/C21H21N3O/c22-13-16-5-7-18(8-6-16)24-15-17(20-3-1-2-4-21(20)24)14-23-11-9-19(25)10-12-23/h1-8,15,19,25H,9-12,14H2. The predicted octanol–water partition coefficient (Wildman–Crippen LogP) is 3.46. The van der Waals surface area contributed by atoms with E-state index in [0.717, 1.165) is 38.2 Å². The maximum atomic E-state index is 9.71. The Balaban J connectivity index is 1.69. The highest BCUT2D eigenvalue weighted by atomic mass is 16.3. The summed E-state index contributed by atoms with van der Waals surface area (Å²) in [6, 6.07) is 18.3. The summed E-state index contributed by atoms with van der Waals surface area (Å²) in [6.07, 6.45) is 3.77. The smallest absolute Gasteiger partial charge is 0.0991 e. The topological polar surface area (TPSA) is 52.2 Å². The average Bonchev–Trinajstić information content (AvgIpc) is 3.02. The number of aliphatic hydroxyl groups is 1. The van der Waals surface area contributed by atoms with Gasteiger partial charge in [0.2, 0.25) is 0 Å². The van der Waals surface area contributed by atoms with Crippen molar-refractivity contribution in [3.63, 3.8) is 0 Å². The van der Waals surface area contributed by atoms with Gasteiger partial charge in [-0.05, 0) is 48.7 Å². The van der Waals surface area contributed by atoms with Crippen LogP contribution in [0.2, 0.25) is 0 Å². The summed E-state index contributed by atoms with van der Waals surface area (Å²) in [5.74, 6) is 0. The molecule has 0 bridgehead atoms. The number of piperidine rings is 1. The summed E-state index contributed by atoms with van der Waals surface area (Å²) in [6.45, 7) is 2.78. The normalized spacial score (nSPS) is 16.2. The van der Waals surface area contributed by atoms with E-state index in [9.17, 15) is 5.11 Å². The lowest BCUT2D eigenvalue weighted by atomic mass is 10.1. The molecule has 1 aromatic heterocycles. The van der Waals surface area contributed by atoms with Crippen LogP contribution in [-0.4, -0.2) is 33.8 Å². The van der Waals surface area contributed by atoms with Crippen molar-refractivity contribution in [2.24, 2.45) is 0 Å². The Bertz CT molecular complexity index is 912. The second-order valence-corrected chi connectivity index (χ2v) is 6.71. The Labute approximate surface area is 147 Å². The number of fused-ring (bicyclic) bond motifs is 1. The average molecular weight is 331 g/mol. The minimum atomic E-state index is -0.142. The molecule has 2 aromatic carbocycles. The third kappa shape index (κ3) is 3.17. The first-order valence-electron chi connectivity index (χ1n) is 8.74. The van der Waals surface area contributed by atoms with Crippen LogP contribution in [0.25, 0.3) is 16.6 Å². The van der Waals surface area contributed by atoms with Crippen LogP contribution >= 0.6 is 0 Å². The number of hydrogen-bond donors (Lipinski definition) is 1. The van der Waals surface area contributed by atoms with Crippen molar-refractivity contribution in [2.45, 2.75) is 25.5 Å². The van der Waals surface area contributed by atoms with E-state index >= 15 is 0 Å². The molecule has 0 saturated carbocycles. The first-order valence-corrected chi connectivity index (χ1v) is 8.74. The molecule has 1 N–H and O–H groups in total. The molecule has 25 heavy (non-hydrogen) atoms. The summed E-state index contributed by atoms with van der Waals surface area (Å²) in [5.41, 5.74) is 4.22. The van der Waals surface area contributed by atoms with E-state index in [4.69, 9.17) is 5.26 Å². The number of nitrogens with zero attached hydrogens (tertiary/aromatic N) is 3. The quantitative estimate of drug-likeness (QED) is 0.800. The second-order valence-electron chi connectivity index (χ2n) is 6.71. The Morgan fingerprint density at radius 1 is 1.04 bits per heavy atom. The fourth-order valence-electron chi connectivity index (χ4n) is 3.60. The number of rotatable bonds is 3. The number of likely N-dealkylation sites (tertiary alicyclic amines) is 1. The van der Waals surface area contributed by atoms with Crippen LogP contribution in [-0.2, 0) is 6.54 Å². The van der Waals surface area contributed by atoms with E-state index in [1.165, 1.54) is 16.5 Å². The molecule has 0 radical (unpaired) electrons. The lowest BCUT2D eigenvalue weighted by molar-refractivity contribution is 0.0794. The summed E-state index contributed by atoms with van der Waals surface area (Å²) < 4.78 is 2.20. The van der Waals surface area contributed by atoms with Crippen molar-refractivity contribution in [3.8, 4) is 11.8 Å². The molecular weight excluding hydrogens is 310 g/mol. The number of para-hydroxylation sites is 1. The first kappa shape index (κ1) is 15.9. The van der Waals surface area contributed by atoms with Gasteiger partial charge in [-0.1, -0.05) is 18.2 Å². The van der Waals surface area contributed by atoms with Crippen LogP contribution in [0, 0.1) is 11.3 Å². The van der Waals surface area contributed by atoms with Crippen molar-refractivity contribution >= 4 is 10.9 Å². The molecule has 1 aliphatic rings. The summed E-state index contributed by atoms with van der Waals surface area (Å²) in [4.78, 5) is 2.41. The molecule has 1 saturated heterocycles. The van der Waals surface area contributed by atoms with Gasteiger partial charge in [0.25, 0.3) is 0 Å². The zero-order valence-corrected chi connectivity index (χ0v) is 14.1. The lowest BCUT2D eigenvalue weighted by Gasteiger charge is -2.29. The Morgan fingerprint density at radius 2 is 1.76 bits per heavy atom. The molecule has 4 rings (SSSR count). The molecule has 0 atom stereocenters. The highest BCUT2D eigenvalue weighted by Crippen LogP contribution is 2.27. The van der Waals surface area contributed by atoms with E-state index in [-0.39, 0.29) is 6.10 Å². The van der Waals surface area contributed by atoms with Crippen molar-refractivity contribution in [1.82, 2.24) is 9.47 Å². The van der Waals surface area contributed by atoms with Crippen LogP contribution in [0.1, 0.15) is 24.0 Å². The third-order valence-electron chi connectivity index (χ3n) is 5.02. The van der Waals surface area contributed by atoms with Crippen LogP contribution in [0.4, 0.5) is 0 Å². The van der Waals surface area contributed by atoms with Crippen molar-refractivity contribution < 1.29 is 5.11 Å². The Hall–Kier alpha value is -2.61. The monoisotopic (exact) mass is 331 g/mol. The van der Waals surface area contributed by atoms with Crippen molar-refractivity contribution in [2.75, 3.05) is 13.1 Å². The molecule has 3 aromatic rings. The van der Waals surface area contributed by atoms with E-state index in [1.54, 1.807) is 0 Å². The predicted molar refractivity (Wildman–Crippen MR) is 98.5 cm³/mol. The molecule has 1 fully saturated rings. The van der Waals surface area contributed by atoms with Gasteiger partial charge < -0.3 is 9.67 Å². The highest BCUT2D eigenvalue weighted by Gasteiger charge is 2.19. The highest BCUT2D eigenvalue weighted by molar-refractivity contribution is 5.85. The molecule has 0 spiro atoms. The number of aromatic nitrogens is 1. The molecule has 0 unspecified atom stereocenters. The van der Waals surface area contributed by atoms with Gasteiger partial charge >= 0.3 is 0 Å². The second kappa shape index (κ2) is 6.72. The lowest BCUT2D eigenvalue weighted by Crippen LogP contribution is -2.35. The maximum absolute atomic E-state index is 9.71. The van der Waals surface area contributed by atoms with E-state index < -0.39 is 0 Å². The van der Waals surface area contributed by atoms with E-state index in [0.29, 0.717) is 5.56 Å². The van der Waals surface area contributed by atoms with Crippen molar-refractivity contribution in [1.29, 1.82) is 5.26 Å². The number of benzene rings is 2. The summed E-state index contributed by atoms with van der Waals surface area (Å²) in [7, 11) is 0. The van der Waals surface area contributed by atoms with Gasteiger partial charge in [-0.15, -0.1) is 0 Å². The number of aliphatic hydroxyl groups excluding tert-OH is 1. The molecule has 0 aliphatic carbocycles. The van der Waals surface area contributed by atoms with Gasteiger partial charge in [-0.25, -0.2) is 0 Å². The fourth-order valence-corrected chi connectivity index (χ4v) is 3.60. The Morgan fingerprint density at radius 3 is 2.48 bits per heavy atom. The molecule has 4 heteroatoms. The van der Waals surface area contributed by atoms with Gasteiger partial charge in [-0.3, -0.25) is 4.90 Å². The molecule has 1 aliphatic heterocycles. The van der Waals surface area contributed by atoms with Crippen LogP contribution < -0.4 is 0 Å². The van der Waals surface area contributed by atoms with Crippen molar-refractivity contribution in [3.05, 3.63) is 65.9 Å². The van der Waals surface area contributed by atoms with Crippen LogP contribution in [0.3, 0.4) is 0 Å². The van der Waals surface area contributed by atoms with E-state index in [2.05, 4.69) is 46.0 Å². The van der Waals surface area contributed by atoms with Crippen LogP contribution in [0.15, 0.2) is 54.7 Å². The fraction of sp³-hybridized carbons (Fsp3) is 0.286. The SMILES string of the molecule is N#Cc1ccc(-n2cc(CN3CCC(O)CC3)c3ccccc32)cc1. The molecule has 4 nitrogen and oxygen atoms in total. The zero-order chi connectivity index (χ0) is 17.2.